The molecule has 0 radical (unpaired) electrons. The highest BCUT2D eigenvalue weighted by Gasteiger charge is 2.11. The van der Waals surface area contributed by atoms with Crippen molar-refractivity contribution < 1.29 is 8.95 Å². The van der Waals surface area contributed by atoms with Crippen molar-refractivity contribution in [2.45, 2.75) is 44.8 Å². The zero-order valence-electron chi connectivity index (χ0n) is 12.7. The first-order valence-electron chi connectivity index (χ1n) is 7.11. The second-order valence-electron chi connectivity index (χ2n) is 5.09. The van der Waals surface area contributed by atoms with Crippen molar-refractivity contribution in [1.82, 2.24) is 4.98 Å². The molecule has 0 unspecified atom stereocenters. The fraction of sp³-hybridized carbons (Fsp3) is 0.438. The minimum absolute atomic E-state index is 0.116. The molecule has 2 aromatic rings. The van der Waals surface area contributed by atoms with E-state index < -0.39 is 10.8 Å². The maximum absolute atomic E-state index is 12.3. The monoisotopic (exact) mass is 323 g/mol. The lowest BCUT2D eigenvalue weighted by atomic mass is 10.2. The number of benzene rings is 1. The maximum Gasteiger partial charge on any atom is 0.123 e. The third kappa shape index (κ3) is 4.93. The molecule has 114 valence electrons. The molecule has 1 heterocycles. The van der Waals surface area contributed by atoms with Gasteiger partial charge in [0.1, 0.15) is 5.75 Å². The summed E-state index contributed by atoms with van der Waals surface area (Å²) in [5.41, 5.74) is 1.92. The highest BCUT2D eigenvalue weighted by molar-refractivity contribution is 7.83. The Morgan fingerprint density at radius 3 is 2.71 bits per heavy atom. The zero-order valence-corrected chi connectivity index (χ0v) is 14.3. The second-order valence-corrected chi connectivity index (χ2v) is 7.49. The molecule has 5 heteroatoms. The highest BCUT2D eigenvalue weighted by atomic mass is 32.2. The Labute approximate surface area is 132 Å². The molecule has 0 spiro atoms. The topological polar surface area (TPSA) is 39.2 Å². The van der Waals surface area contributed by atoms with Gasteiger partial charge in [-0.05, 0) is 26.3 Å². The van der Waals surface area contributed by atoms with Gasteiger partial charge in [0.2, 0.25) is 0 Å². The fourth-order valence-electron chi connectivity index (χ4n) is 1.96. The van der Waals surface area contributed by atoms with Crippen molar-refractivity contribution in [2.24, 2.45) is 0 Å². The van der Waals surface area contributed by atoms with Gasteiger partial charge in [0.25, 0.3) is 0 Å². The average molecular weight is 323 g/mol. The van der Waals surface area contributed by atoms with Crippen molar-refractivity contribution in [3.63, 3.8) is 0 Å². The predicted octanol–water partition coefficient (Wildman–Crippen LogP) is 3.94. The second kappa shape index (κ2) is 7.71. The number of ether oxygens (including phenoxy) is 1. The average Bonchev–Trinajstić information content (AvgIpc) is 2.88. The first-order valence-corrected chi connectivity index (χ1v) is 9.48. The quantitative estimate of drug-likeness (QED) is 0.774. The number of thiazole rings is 1. The minimum Gasteiger partial charge on any atom is -0.491 e. The molecule has 0 aliphatic carbocycles. The van der Waals surface area contributed by atoms with Gasteiger partial charge in [-0.3, -0.25) is 4.21 Å². The molecule has 0 aliphatic heterocycles. The SMILES string of the molecule is CCc1nc(C[S@](=O)Cc2ccccc2OC(C)C)cs1. The van der Waals surface area contributed by atoms with Crippen molar-refractivity contribution in [3.05, 3.63) is 45.9 Å². The van der Waals surface area contributed by atoms with Crippen LogP contribution in [0.25, 0.3) is 0 Å². The largest absolute Gasteiger partial charge is 0.491 e. The Kier molecular flexibility index (Phi) is 5.94. The molecular formula is C16H21NO2S2. The normalized spacial score (nSPS) is 12.6. The van der Waals surface area contributed by atoms with Crippen LogP contribution in [0.4, 0.5) is 0 Å². The number of nitrogens with zero attached hydrogens (tertiary/aromatic N) is 1. The van der Waals surface area contributed by atoms with Crippen molar-refractivity contribution >= 4 is 22.1 Å². The number of aryl methyl sites for hydroxylation is 1. The van der Waals surface area contributed by atoms with Gasteiger partial charge >= 0.3 is 0 Å². The Morgan fingerprint density at radius 1 is 1.29 bits per heavy atom. The lowest BCUT2D eigenvalue weighted by molar-refractivity contribution is 0.240. The fourth-order valence-corrected chi connectivity index (χ4v) is 3.97. The van der Waals surface area contributed by atoms with E-state index in [1.165, 1.54) is 0 Å². The summed E-state index contributed by atoms with van der Waals surface area (Å²) in [4.78, 5) is 4.48. The van der Waals surface area contributed by atoms with E-state index >= 15 is 0 Å². The summed E-state index contributed by atoms with van der Waals surface area (Å²) in [7, 11) is -0.972. The van der Waals surface area contributed by atoms with Gasteiger partial charge < -0.3 is 4.74 Å². The minimum atomic E-state index is -0.972. The van der Waals surface area contributed by atoms with Crippen LogP contribution in [0.15, 0.2) is 29.6 Å². The third-order valence-electron chi connectivity index (χ3n) is 2.86. The lowest BCUT2D eigenvalue weighted by Crippen LogP contribution is -2.09. The molecule has 3 nitrogen and oxygen atoms in total. The highest BCUT2D eigenvalue weighted by Crippen LogP contribution is 2.22. The van der Waals surface area contributed by atoms with Crippen LogP contribution in [-0.4, -0.2) is 15.3 Å². The first kappa shape index (κ1) is 16.2. The van der Waals surface area contributed by atoms with Crippen LogP contribution in [0, 0.1) is 0 Å². The van der Waals surface area contributed by atoms with Crippen molar-refractivity contribution in [1.29, 1.82) is 0 Å². The summed E-state index contributed by atoms with van der Waals surface area (Å²) in [6.45, 7) is 6.07. The van der Waals surface area contributed by atoms with E-state index in [9.17, 15) is 4.21 Å². The van der Waals surface area contributed by atoms with Gasteiger partial charge in [0.15, 0.2) is 0 Å². The Morgan fingerprint density at radius 2 is 2.05 bits per heavy atom. The standard InChI is InChI=1S/C16H21NO2S2/c1-4-16-17-14(9-20-16)11-21(18)10-13-7-5-6-8-15(13)19-12(2)3/h5-9,12H,4,10-11H2,1-3H3/t21-/m1/s1. The van der Waals surface area contributed by atoms with Gasteiger partial charge in [-0.15, -0.1) is 11.3 Å². The molecule has 1 atom stereocenters. The summed E-state index contributed by atoms with van der Waals surface area (Å²) in [6.07, 6.45) is 1.05. The number of aromatic nitrogens is 1. The Balaban J connectivity index is 2.02. The van der Waals surface area contributed by atoms with Crippen LogP contribution < -0.4 is 4.74 Å². The molecule has 2 rings (SSSR count). The van der Waals surface area contributed by atoms with Gasteiger partial charge in [0.05, 0.1) is 28.3 Å². The molecule has 0 amide bonds. The Hall–Kier alpha value is -1.20. The van der Waals surface area contributed by atoms with E-state index in [4.69, 9.17) is 4.74 Å². The van der Waals surface area contributed by atoms with E-state index in [2.05, 4.69) is 11.9 Å². The molecule has 0 saturated carbocycles. The summed E-state index contributed by atoms with van der Waals surface area (Å²) in [5, 5.41) is 3.11. The number of hydrogen-bond acceptors (Lipinski definition) is 4. The summed E-state index contributed by atoms with van der Waals surface area (Å²) < 4.78 is 18.1. The summed E-state index contributed by atoms with van der Waals surface area (Å²) in [5.74, 6) is 1.84. The van der Waals surface area contributed by atoms with Crippen LogP contribution in [-0.2, 0) is 28.7 Å². The summed E-state index contributed by atoms with van der Waals surface area (Å²) >= 11 is 1.64. The molecule has 0 fully saturated rings. The number of para-hydroxylation sites is 1. The molecule has 0 saturated heterocycles. The molecule has 1 aromatic heterocycles. The molecule has 21 heavy (non-hydrogen) atoms. The zero-order chi connectivity index (χ0) is 15.2. The molecule has 0 bridgehead atoms. The van der Waals surface area contributed by atoms with Gasteiger partial charge in [-0.25, -0.2) is 4.98 Å². The molecular weight excluding hydrogens is 302 g/mol. The van der Waals surface area contributed by atoms with E-state index in [-0.39, 0.29) is 6.10 Å². The van der Waals surface area contributed by atoms with Gasteiger partial charge in [-0.1, -0.05) is 25.1 Å². The van der Waals surface area contributed by atoms with Crippen molar-refractivity contribution in [2.75, 3.05) is 0 Å². The van der Waals surface area contributed by atoms with Gasteiger partial charge in [0, 0.05) is 21.7 Å². The molecule has 0 N–H and O–H groups in total. The van der Waals surface area contributed by atoms with Crippen LogP contribution >= 0.6 is 11.3 Å². The number of rotatable bonds is 7. The number of hydrogen-bond donors (Lipinski definition) is 0. The van der Waals surface area contributed by atoms with Crippen LogP contribution in [0.3, 0.4) is 0 Å². The lowest BCUT2D eigenvalue weighted by Gasteiger charge is -2.13. The Bertz CT molecular complexity index is 608. The smallest absolute Gasteiger partial charge is 0.123 e. The van der Waals surface area contributed by atoms with Crippen LogP contribution in [0.5, 0.6) is 5.75 Å². The molecule has 1 aromatic carbocycles. The van der Waals surface area contributed by atoms with E-state index in [1.54, 1.807) is 11.3 Å². The van der Waals surface area contributed by atoms with E-state index in [0.29, 0.717) is 11.5 Å². The maximum atomic E-state index is 12.3. The predicted molar refractivity (Wildman–Crippen MR) is 89.2 cm³/mol. The van der Waals surface area contributed by atoms with E-state index in [1.807, 2.05) is 43.5 Å². The summed E-state index contributed by atoms with van der Waals surface area (Å²) in [6, 6.07) is 7.81. The van der Waals surface area contributed by atoms with Gasteiger partial charge in [-0.2, -0.15) is 0 Å². The first-order chi connectivity index (χ1) is 10.1. The molecule has 0 aliphatic rings. The van der Waals surface area contributed by atoms with Crippen molar-refractivity contribution in [3.8, 4) is 5.75 Å². The van der Waals surface area contributed by atoms with E-state index in [0.717, 1.165) is 28.4 Å². The third-order valence-corrected chi connectivity index (χ3v) is 5.16. The van der Waals surface area contributed by atoms with Crippen LogP contribution in [0.2, 0.25) is 0 Å². The van der Waals surface area contributed by atoms with Crippen LogP contribution in [0.1, 0.15) is 37.0 Å².